The van der Waals surface area contributed by atoms with E-state index in [0.29, 0.717) is 18.6 Å². The van der Waals surface area contributed by atoms with E-state index in [0.717, 1.165) is 22.4 Å². The monoisotopic (exact) mass is 385 g/mol. The lowest BCUT2D eigenvalue weighted by Gasteiger charge is -2.02. The first-order valence-corrected chi connectivity index (χ1v) is 9.42. The van der Waals surface area contributed by atoms with E-state index in [4.69, 9.17) is 0 Å². The molecule has 0 bridgehead atoms. The van der Waals surface area contributed by atoms with Gasteiger partial charge in [-0.1, -0.05) is 54.6 Å². The average molecular weight is 385 g/mol. The largest absolute Gasteiger partial charge is 0.352 e. The van der Waals surface area contributed by atoms with Crippen LogP contribution >= 0.6 is 0 Å². The van der Waals surface area contributed by atoms with Crippen molar-refractivity contribution in [3.05, 3.63) is 102 Å². The Bertz CT molecular complexity index is 1150. The number of amides is 1. The maximum Gasteiger partial charge on any atom is 0.244 e. The summed E-state index contributed by atoms with van der Waals surface area (Å²) in [6, 6.07) is 21.2. The van der Waals surface area contributed by atoms with Gasteiger partial charge in [-0.25, -0.2) is 9.37 Å². The Morgan fingerprint density at radius 2 is 1.72 bits per heavy atom. The summed E-state index contributed by atoms with van der Waals surface area (Å²) in [6.45, 7) is 0.461. The molecule has 4 aromatic rings. The molecule has 1 amide bonds. The molecule has 2 aromatic carbocycles. The predicted octanol–water partition coefficient (Wildman–Crippen LogP) is 4.51. The van der Waals surface area contributed by atoms with Gasteiger partial charge in [0, 0.05) is 31.4 Å². The number of nitrogens with zero attached hydrogens (tertiary/aromatic N) is 2. The number of halogens is 1. The molecule has 0 aliphatic rings. The minimum absolute atomic E-state index is 0.160. The molecule has 0 atom stereocenters. The third-order valence-corrected chi connectivity index (χ3v) is 4.59. The van der Waals surface area contributed by atoms with E-state index in [-0.39, 0.29) is 11.7 Å². The van der Waals surface area contributed by atoms with Gasteiger partial charge in [0.1, 0.15) is 11.5 Å². The molecular formula is C24H20FN3O. The first kappa shape index (κ1) is 18.6. The summed E-state index contributed by atoms with van der Waals surface area (Å²) >= 11 is 0. The number of nitrogens with one attached hydrogen (secondary N) is 1. The summed E-state index contributed by atoms with van der Waals surface area (Å²) in [4.78, 5) is 16.4. The first-order chi connectivity index (χ1) is 14.2. The highest BCUT2D eigenvalue weighted by Crippen LogP contribution is 2.19. The van der Waals surface area contributed by atoms with Gasteiger partial charge in [0.2, 0.25) is 5.91 Å². The van der Waals surface area contributed by atoms with E-state index in [1.807, 2.05) is 42.5 Å². The lowest BCUT2D eigenvalue weighted by molar-refractivity contribution is -0.116. The Morgan fingerprint density at radius 1 is 0.966 bits per heavy atom. The number of pyridine rings is 1. The molecule has 0 radical (unpaired) electrons. The summed E-state index contributed by atoms with van der Waals surface area (Å²) in [6.07, 6.45) is 7.05. The summed E-state index contributed by atoms with van der Waals surface area (Å²) in [7, 11) is 0. The van der Waals surface area contributed by atoms with Crippen molar-refractivity contribution in [3.8, 4) is 11.1 Å². The molecule has 1 N–H and O–H groups in total. The van der Waals surface area contributed by atoms with Crippen LogP contribution in [0, 0.1) is 5.82 Å². The van der Waals surface area contributed by atoms with Crippen molar-refractivity contribution in [1.29, 1.82) is 0 Å². The second kappa shape index (κ2) is 8.52. The van der Waals surface area contributed by atoms with Gasteiger partial charge >= 0.3 is 0 Å². The molecule has 0 spiro atoms. The molecular weight excluding hydrogens is 365 g/mol. The van der Waals surface area contributed by atoms with Gasteiger partial charge in [-0.2, -0.15) is 0 Å². The van der Waals surface area contributed by atoms with E-state index in [9.17, 15) is 9.18 Å². The highest BCUT2D eigenvalue weighted by Gasteiger charge is 2.03. The van der Waals surface area contributed by atoms with Crippen LogP contribution in [0.2, 0.25) is 0 Å². The highest BCUT2D eigenvalue weighted by molar-refractivity contribution is 5.91. The van der Waals surface area contributed by atoms with Crippen LogP contribution in [0.4, 0.5) is 4.39 Å². The number of fused-ring (bicyclic) bond motifs is 1. The molecule has 144 valence electrons. The van der Waals surface area contributed by atoms with E-state index in [2.05, 4.69) is 22.4 Å². The molecule has 2 aromatic heterocycles. The average Bonchev–Trinajstić information content (AvgIpc) is 3.15. The number of aromatic nitrogens is 2. The number of hydrogen-bond donors (Lipinski definition) is 1. The van der Waals surface area contributed by atoms with Crippen molar-refractivity contribution in [2.75, 3.05) is 6.54 Å². The number of hydrogen-bond acceptors (Lipinski definition) is 2. The minimum atomic E-state index is -0.309. The van der Waals surface area contributed by atoms with Gasteiger partial charge in [0.05, 0.1) is 5.69 Å². The number of benzene rings is 2. The van der Waals surface area contributed by atoms with Gasteiger partial charge in [-0.3, -0.25) is 4.79 Å². The summed E-state index contributed by atoms with van der Waals surface area (Å²) in [5, 5.41) is 2.85. The van der Waals surface area contributed by atoms with Crippen molar-refractivity contribution in [2.45, 2.75) is 6.42 Å². The maximum absolute atomic E-state index is 13.2. The van der Waals surface area contributed by atoms with Crippen LogP contribution in [-0.2, 0) is 11.2 Å². The molecule has 4 rings (SSSR count). The van der Waals surface area contributed by atoms with Crippen molar-refractivity contribution in [1.82, 2.24) is 14.7 Å². The molecule has 29 heavy (non-hydrogen) atoms. The Hall–Kier alpha value is -3.73. The third kappa shape index (κ3) is 4.76. The fraction of sp³-hybridized carbons (Fsp3) is 0.0833. The Kier molecular flexibility index (Phi) is 5.47. The van der Waals surface area contributed by atoms with E-state index < -0.39 is 0 Å². The van der Waals surface area contributed by atoms with Gasteiger partial charge in [0.15, 0.2) is 0 Å². The van der Waals surface area contributed by atoms with Crippen molar-refractivity contribution in [3.63, 3.8) is 0 Å². The van der Waals surface area contributed by atoms with Gasteiger partial charge < -0.3 is 9.72 Å². The number of imidazole rings is 1. The lowest BCUT2D eigenvalue weighted by atomic mass is 10.0. The topological polar surface area (TPSA) is 46.4 Å². The quantitative estimate of drug-likeness (QED) is 0.496. The summed E-state index contributed by atoms with van der Waals surface area (Å²) in [5.41, 5.74) is 4.75. The number of rotatable bonds is 6. The normalized spacial score (nSPS) is 11.2. The van der Waals surface area contributed by atoms with E-state index in [1.54, 1.807) is 22.7 Å². The molecule has 0 aliphatic carbocycles. The van der Waals surface area contributed by atoms with Crippen LogP contribution in [0.5, 0.6) is 0 Å². The third-order valence-electron chi connectivity index (χ3n) is 4.59. The van der Waals surface area contributed by atoms with Crippen LogP contribution < -0.4 is 5.32 Å². The fourth-order valence-corrected chi connectivity index (χ4v) is 3.10. The second-order valence-electron chi connectivity index (χ2n) is 6.71. The number of carbonyl (C=O) groups excluding carboxylic acids is 1. The van der Waals surface area contributed by atoms with E-state index >= 15 is 0 Å². The molecule has 0 saturated heterocycles. The lowest BCUT2D eigenvalue weighted by Crippen LogP contribution is -2.23. The molecule has 5 heteroatoms. The zero-order valence-electron chi connectivity index (χ0n) is 15.8. The van der Waals surface area contributed by atoms with Crippen molar-refractivity contribution < 1.29 is 9.18 Å². The fourth-order valence-electron chi connectivity index (χ4n) is 3.10. The smallest absolute Gasteiger partial charge is 0.244 e. The molecule has 2 heterocycles. The molecule has 4 nitrogen and oxygen atoms in total. The first-order valence-electron chi connectivity index (χ1n) is 9.42. The molecule has 0 unspecified atom stereocenters. The molecule has 0 aliphatic heterocycles. The Labute approximate surface area is 168 Å². The van der Waals surface area contributed by atoms with Crippen LogP contribution in [-0.4, -0.2) is 21.8 Å². The summed E-state index contributed by atoms with van der Waals surface area (Å²) in [5.74, 6) is -0.469. The highest BCUT2D eigenvalue weighted by atomic mass is 19.1. The zero-order chi connectivity index (χ0) is 20.1. The predicted molar refractivity (Wildman–Crippen MR) is 113 cm³/mol. The van der Waals surface area contributed by atoms with Crippen LogP contribution in [0.1, 0.15) is 11.3 Å². The molecule has 0 saturated carbocycles. The Morgan fingerprint density at radius 3 is 2.52 bits per heavy atom. The van der Waals surface area contributed by atoms with Crippen molar-refractivity contribution in [2.24, 2.45) is 0 Å². The van der Waals surface area contributed by atoms with Gasteiger partial charge in [0.25, 0.3) is 0 Å². The maximum atomic E-state index is 13.2. The number of carbonyl (C=O) groups is 1. The van der Waals surface area contributed by atoms with E-state index in [1.165, 1.54) is 18.3 Å². The van der Waals surface area contributed by atoms with Gasteiger partial charge in [-0.05, 0) is 34.9 Å². The van der Waals surface area contributed by atoms with Crippen LogP contribution in [0.15, 0.2) is 85.2 Å². The minimum Gasteiger partial charge on any atom is -0.352 e. The van der Waals surface area contributed by atoms with Crippen LogP contribution in [0.25, 0.3) is 22.9 Å². The summed E-state index contributed by atoms with van der Waals surface area (Å²) < 4.78 is 14.9. The standard InChI is InChI=1S/C24H20FN3O/c25-21-11-12-23-27-22(17-28(23)16-21)14-15-26-24(29)13-8-18-6-9-20(10-7-18)19-4-2-1-3-5-19/h1-13,16-17H,14-15H2,(H,26,29)/b13-8+. The zero-order valence-corrected chi connectivity index (χ0v) is 15.8. The second-order valence-corrected chi connectivity index (χ2v) is 6.71. The Balaban J connectivity index is 1.29. The van der Waals surface area contributed by atoms with Gasteiger partial charge in [-0.15, -0.1) is 0 Å². The SMILES string of the molecule is O=C(/C=C/c1ccc(-c2ccccc2)cc1)NCCc1cn2cc(F)ccc2n1. The van der Waals surface area contributed by atoms with Crippen molar-refractivity contribution >= 4 is 17.6 Å². The molecule has 0 fully saturated rings. The van der Waals surface area contributed by atoms with Crippen LogP contribution in [0.3, 0.4) is 0 Å².